The second-order valence-electron chi connectivity index (χ2n) is 4.84. The largest absolute Gasteiger partial charge is 0.493 e. The molecular weight excluding hydrogens is 374 g/mol. The smallest absolute Gasteiger partial charge is 0.291 e. The predicted molar refractivity (Wildman–Crippen MR) is 93.9 cm³/mol. The molecule has 24 heavy (non-hydrogen) atoms. The number of amides is 1. The molecule has 1 aromatic heterocycles. The topological polar surface area (TPSA) is 60.7 Å². The number of benzene rings is 2. The molecule has 5 nitrogen and oxygen atoms in total. The Kier molecular flexibility index (Phi) is 4.86. The molecule has 3 aromatic rings. The van der Waals surface area contributed by atoms with E-state index in [0.717, 1.165) is 0 Å². The third kappa shape index (κ3) is 3.78. The summed E-state index contributed by atoms with van der Waals surface area (Å²) >= 11 is 3.17. The monoisotopic (exact) mass is 387 g/mol. The van der Waals surface area contributed by atoms with Crippen molar-refractivity contribution in [3.8, 4) is 17.2 Å². The lowest BCUT2D eigenvalue weighted by atomic mass is 10.3. The van der Waals surface area contributed by atoms with Gasteiger partial charge in [-0.2, -0.15) is 0 Å². The number of para-hydroxylation sites is 2. The van der Waals surface area contributed by atoms with Gasteiger partial charge >= 0.3 is 0 Å². The van der Waals surface area contributed by atoms with Crippen LogP contribution >= 0.6 is 15.9 Å². The Bertz CT molecular complexity index is 842. The van der Waals surface area contributed by atoms with E-state index in [1.165, 1.54) is 0 Å². The van der Waals surface area contributed by atoms with Crippen LogP contribution in [0.5, 0.6) is 17.2 Å². The van der Waals surface area contributed by atoms with Crippen molar-refractivity contribution in [2.24, 2.45) is 0 Å². The van der Waals surface area contributed by atoms with Gasteiger partial charge in [0.15, 0.2) is 21.9 Å². The maximum atomic E-state index is 12.0. The summed E-state index contributed by atoms with van der Waals surface area (Å²) in [6.45, 7) is 0. The van der Waals surface area contributed by atoms with Gasteiger partial charge in [-0.25, -0.2) is 0 Å². The van der Waals surface area contributed by atoms with E-state index < -0.39 is 0 Å². The van der Waals surface area contributed by atoms with Gasteiger partial charge in [-0.15, -0.1) is 0 Å². The molecule has 1 N–H and O–H groups in total. The Morgan fingerprint density at radius 2 is 1.71 bits per heavy atom. The first kappa shape index (κ1) is 16.1. The lowest BCUT2D eigenvalue weighted by molar-refractivity contribution is 0.0995. The second kappa shape index (κ2) is 7.23. The van der Waals surface area contributed by atoms with E-state index in [9.17, 15) is 4.79 Å². The van der Waals surface area contributed by atoms with E-state index in [2.05, 4.69) is 21.2 Å². The fourth-order valence-electron chi connectivity index (χ4n) is 2.07. The highest BCUT2D eigenvalue weighted by molar-refractivity contribution is 9.10. The minimum atomic E-state index is -0.320. The molecule has 0 saturated carbocycles. The van der Waals surface area contributed by atoms with Crippen LogP contribution in [0, 0.1) is 0 Å². The van der Waals surface area contributed by atoms with Crippen molar-refractivity contribution in [3.05, 3.63) is 71.1 Å². The summed E-state index contributed by atoms with van der Waals surface area (Å²) in [6, 6.07) is 17.7. The quantitative estimate of drug-likeness (QED) is 0.661. The van der Waals surface area contributed by atoms with Crippen molar-refractivity contribution in [2.75, 3.05) is 12.4 Å². The molecule has 0 spiro atoms. The number of halogens is 1. The maximum Gasteiger partial charge on any atom is 0.291 e. The van der Waals surface area contributed by atoms with E-state index in [-0.39, 0.29) is 11.7 Å². The third-order valence-corrected chi connectivity index (χ3v) is 3.63. The van der Waals surface area contributed by atoms with E-state index in [4.69, 9.17) is 13.9 Å². The van der Waals surface area contributed by atoms with Gasteiger partial charge in [0, 0.05) is 5.69 Å². The van der Waals surface area contributed by atoms with Crippen molar-refractivity contribution in [1.29, 1.82) is 0 Å². The minimum Gasteiger partial charge on any atom is -0.493 e. The van der Waals surface area contributed by atoms with Crippen LogP contribution in [0.3, 0.4) is 0 Å². The minimum absolute atomic E-state index is 0.233. The number of carbonyl (C=O) groups excluding carboxylic acids is 1. The average molecular weight is 388 g/mol. The number of nitrogens with one attached hydrogen (secondary N) is 1. The molecule has 0 fully saturated rings. The molecule has 3 rings (SSSR count). The Hall–Kier alpha value is -2.73. The van der Waals surface area contributed by atoms with Crippen LogP contribution in [0.2, 0.25) is 0 Å². The molecule has 0 aliphatic rings. The van der Waals surface area contributed by atoms with Crippen LogP contribution in [0.4, 0.5) is 5.69 Å². The Labute approximate surface area is 147 Å². The number of methoxy groups -OCH3 is 1. The lowest BCUT2D eigenvalue weighted by Gasteiger charge is -2.10. The Morgan fingerprint density at radius 3 is 2.33 bits per heavy atom. The van der Waals surface area contributed by atoms with E-state index >= 15 is 0 Å². The summed E-state index contributed by atoms with van der Waals surface area (Å²) in [6.07, 6.45) is 0. The molecular formula is C18H14BrNO4. The van der Waals surface area contributed by atoms with Crippen molar-refractivity contribution >= 4 is 27.5 Å². The average Bonchev–Trinajstić information content (AvgIpc) is 3.04. The SMILES string of the molecule is COc1ccccc1Oc1ccc(NC(=O)c2ccc(Br)o2)cc1. The van der Waals surface area contributed by atoms with Crippen LogP contribution in [0.15, 0.2) is 69.8 Å². The number of hydrogen-bond donors (Lipinski definition) is 1. The zero-order valence-corrected chi connectivity index (χ0v) is 14.4. The lowest BCUT2D eigenvalue weighted by Crippen LogP contribution is -2.10. The highest BCUT2D eigenvalue weighted by Gasteiger charge is 2.11. The van der Waals surface area contributed by atoms with Crippen LogP contribution in [-0.4, -0.2) is 13.0 Å². The molecule has 6 heteroatoms. The highest BCUT2D eigenvalue weighted by Crippen LogP contribution is 2.31. The van der Waals surface area contributed by atoms with Gasteiger partial charge in [-0.05, 0) is 64.5 Å². The van der Waals surface area contributed by atoms with Crippen molar-refractivity contribution in [1.82, 2.24) is 0 Å². The summed E-state index contributed by atoms with van der Waals surface area (Å²) in [5.41, 5.74) is 0.639. The molecule has 0 atom stereocenters. The van der Waals surface area contributed by atoms with Gasteiger partial charge in [0.25, 0.3) is 5.91 Å². The van der Waals surface area contributed by atoms with Crippen LogP contribution in [0.1, 0.15) is 10.6 Å². The van der Waals surface area contributed by atoms with Gasteiger partial charge in [-0.1, -0.05) is 12.1 Å². The number of anilines is 1. The molecule has 0 radical (unpaired) electrons. The number of rotatable bonds is 5. The Balaban J connectivity index is 1.68. The number of carbonyl (C=O) groups is 1. The second-order valence-corrected chi connectivity index (χ2v) is 5.62. The maximum absolute atomic E-state index is 12.0. The van der Waals surface area contributed by atoms with Gasteiger partial charge in [0.2, 0.25) is 0 Å². The Morgan fingerprint density at radius 1 is 1.00 bits per heavy atom. The summed E-state index contributed by atoms with van der Waals surface area (Å²) in [4.78, 5) is 12.0. The van der Waals surface area contributed by atoms with Gasteiger partial charge in [0.1, 0.15) is 5.75 Å². The fourth-order valence-corrected chi connectivity index (χ4v) is 2.37. The van der Waals surface area contributed by atoms with Gasteiger partial charge in [-0.3, -0.25) is 4.79 Å². The first-order valence-corrected chi connectivity index (χ1v) is 7.92. The first-order chi connectivity index (χ1) is 11.7. The molecule has 0 saturated heterocycles. The van der Waals surface area contributed by atoms with E-state index in [0.29, 0.717) is 27.6 Å². The molecule has 1 amide bonds. The van der Waals surface area contributed by atoms with E-state index in [1.807, 2.05) is 24.3 Å². The summed E-state index contributed by atoms with van der Waals surface area (Å²) in [5.74, 6) is 1.82. The van der Waals surface area contributed by atoms with Crippen LogP contribution < -0.4 is 14.8 Å². The third-order valence-electron chi connectivity index (χ3n) is 3.21. The molecule has 0 aliphatic carbocycles. The molecule has 122 valence electrons. The molecule has 0 aliphatic heterocycles. The highest BCUT2D eigenvalue weighted by atomic mass is 79.9. The number of hydrogen-bond acceptors (Lipinski definition) is 4. The summed E-state index contributed by atoms with van der Waals surface area (Å²) in [5, 5.41) is 2.75. The zero-order chi connectivity index (χ0) is 16.9. The van der Waals surface area contributed by atoms with E-state index in [1.54, 1.807) is 43.5 Å². The van der Waals surface area contributed by atoms with Crippen LogP contribution in [0.25, 0.3) is 0 Å². The molecule has 0 unspecified atom stereocenters. The van der Waals surface area contributed by atoms with Crippen molar-refractivity contribution < 1.29 is 18.7 Å². The fraction of sp³-hybridized carbons (Fsp3) is 0.0556. The van der Waals surface area contributed by atoms with Crippen LogP contribution in [-0.2, 0) is 0 Å². The van der Waals surface area contributed by atoms with Gasteiger partial charge < -0.3 is 19.2 Å². The number of furan rings is 1. The summed E-state index contributed by atoms with van der Waals surface area (Å²) < 4.78 is 16.8. The molecule has 0 bridgehead atoms. The van der Waals surface area contributed by atoms with Gasteiger partial charge in [0.05, 0.1) is 7.11 Å². The zero-order valence-electron chi connectivity index (χ0n) is 12.8. The first-order valence-electron chi connectivity index (χ1n) is 7.13. The van der Waals surface area contributed by atoms with Crippen molar-refractivity contribution in [2.45, 2.75) is 0 Å². The van der Waals surface area contributed by atoms with Crippen molar-refractivity contribution in [3.63, 3.8) is 0 Å². The normalized spacial score (nSPS) is 10.2. The standard InChI is InChI=1S/C18H14BrNO4/c1-22-14-4-2-3-5-15(14)23-13-8-6-12(7-9-13)20-18(21)16-10-11-17(19)24-16/h2-11H,1H3,(H,20,21). The summed E-state index contributed by atoms with van der Waals surface area (Å²) in [7, 11) is 1.59. The molecule has 1 heterocycles. The molecule has 2 aromatic carbocycles. The predicted octanol–water partition coefficient (Wildman–Crippen LogP) is 5.10. The number of ether oxygens (including phenoxy) is 2.